The van der Waals surface area contributed by atoms with Crippen LogP contribution >= 0.6 is 15.9 Å². The molecule has 0 N–H and O–H groups in total. The van der Waals surface area contributed by atoms with Crippen LogP contribution in [0.4, 0.5) is 5.69 Å². The van der Waals surface area contributed by atoms with Gasteiger partial charge in [0, 0.05) is 23.5 Å². The minimum absolute atomic E-state index is 0.111. The van der Waals surface area contributed by atoms with Gasteiger partial charge in [0.05, 0.1) is 11.6 Å². The van der Waals surface area contributed by atoms with Crippen LogP contribution in [0.3, 0.4) is 0 Å². The van der Waals surface area contributed by atoms with E-state index in [1.807, 2.05) is 13.0 Å². The van der Waals surface area contributed by atoms with Crippen molar-refractivity contribution in [1.82, 2.24) is 0 Å². The van der Waals surface area contributed by atoms with Crippen molar-refractivity contribution in [2.24, 2.45) is 0 Å². The summed E-state index contributed by atoms with van der Waals surface area (Å²) in [5.41, 5.74) is 2.46. The van der Waals surface area contributed by atoms with Gasteiger partial charge in [0.1, 0.15) is 0 Å². The number of nitriles is 1. The zero-order chi connectivity index (χ0) is 11.7. The Hall–Kier alpha value is -1.34. The van der Waals surface area contributed by atoms with Gasteiger partial charge in [0.15, 0.2) is 0 Å². The van der Waals surface area contributed by atoms with Gasteiger partial charge in [-0.25, -0.2) is 0 Å². The number of anilines is 1. The van der Waals surface area contributed by atoms with Crippen LogP contribution < -0.4 is 4.90 Å². The number of aryl methyl sites for hydroxylation is 1. The molecule has 82 valence electrons. The van der Waals surface area contributed by atoms with Crippen LogP contribution in [0.1, 0.15) is 17.5 Å². The normalized spacial score (nSPS) is 19.9. The summed E-state index contributed by atoms with van der Waals surface area (Å²) in [6.45, 7) is 2.62. The highest BCUT2D eigenvalue weighted by Crippen LogP contribution is 2.28. The second kappa shape index (κ2) is 4.26. The second-order valence-corrected chi connectivity index (χ2v) is 5.21. The Balaban J connectivity index is 2.40. The Kier molecular flexibility index (Phi) is 2.97. The van der Waals surface area contributed by atoms with E-state index >= 15 is 0 Å². The number of amides is 1. The number of hydrogen-bond acceptors (Lipinski definition) is 2. The molecule has 1 aliphatic heterocycles. The maximum atomic E-state index is 11.8. The first-order valence-electron chi connectivity index (χ1n) is 5.07. The predicted molar refractivity (Wildman–Crippen MR) is 65.6 cm³/mol. The molecule has 1 fully saturated rings. The van der Waals surface area contributed by atoms with E-state index in [2.05, 4.69) is 22.0 Å². The van der Waals surface area contributed by atoms with Gasteiger partial charge in [0.2, 0.25) is 5.91 Å². The van der Waals surface area contributed by atoms with E-state index < -0.39 is 0 Å². The lowest BCUT2D eigenvalue weighted by molar-refractivity contribution is -0.117. The van der Waals surface area contributed by atoms with E-state index in [4.69, 9.17) is 5.26 Å². The van der Waals surface area contributed by atoms with Crippen molar-refractivity contribution in [2.75, 3.05) is 11.4 Å². The highest BCUT2D eigenvalue weighted by Gasteiger charge is 2.29. The van der Waals surface area contributed by atoms with Crippen LogP contribution in [0, 0.1) is 18.3 Å². The largest absolute Gasteiger partial charge is 0.311 e. The molecule has 0 bridgehead atoms. The van der Waals surface area contributed by atoms with Gasteiger partial charge in [-0.3, -0.25) is 4.79 Å². The number of halogens is 1. The number of carbonyl (C=O) groups is 1. The summed E-state index contributed by atoms with van der Waals surface area (Å²) in [6, 6.07) is 7.52. The molecule has 1 heterocycles. The molecule has 4 heteroatoms. The SMILES string of the molecule is Cc1ccc(C#N)cc1N1CC(Br)CC1=O. The number of benzene rings is 1. The van der Waals surface area contributed by atoms with Gasteiger partial charge in [0.25, 0.3) is 0 Å². The molecule has 1 atom stereocenters. The summed E-state index contributed by atoms with van der Waals surface area (Å²) >= 11 is 3.45. The molecular weight excluding hydrogens is 268 g/mol. The fourth-order valence-corrected chi connectivity index (χ4v) is 2.43. The number of nitrogens with zero attached hydrogens (tertiary/aromatic N) is 2. The summed E-state index contributed by atoms with van der Waals surface area (Å²) in [5.74, 6) is 0.111. The van der Waals surface area contributed by atoms with Crippen molar-refractivity contribution in [1.29, 1.82) is 5.26 Å². The zero-order valence-electron chi connectivity index (χ0n) is 8.90. The molecule has 1 aromatic rings. The summed E-state index contributed by atoms with van der Waals surface area (Å²) in [5, 5.41) is 8.85. The molecule has 0 aromatic heterocycles. The summed E-state index contributed by atoms with van der Waals surface area (Å²) < 4.78 is 0. The topological polar surface area (TPSA) is 44.1 Å². The Bertz CT molecular complexity index is 478. The predicted octanol–water partition coefficient (Wildman–Crippen LogP) is 2.37. The van der Waals surface area contributed by atoms with Gasteiger partial charge in [-0.15, -0.1) is 0 Å². The highest BCUT2D eigenvalue weighted by atomic mass is 79.9. The van der Waals surface area contributed by atoms with E-state index in [1.165, 1.54) is 0 Å². The third kappa shape index (κ3) is 1.96. The fourth-order valence-electron chi connectivity index (χ4n) is 1.87. The lowest BCUT2D eigenvalue weighted by atomic mass is 10.1. The summed E-state index contributed by atoms with van der Waals surface area (Å²) in [6.07, 6.45) is 0.524. The molecular formula is C12H11BrN2O. The maximum Gasteiger partial charge on any atom is 0.228 e. The van der Waals surface area contributed by atoms with Crippen molar-refractivity contribution < 1.29 is 4.79 Å². The Morgan fingerprint density at radius 1 is 1.56 bits per heavy atom. The molecule has 1 aliphatic rings. The van der Waals surface area contributed by atoms with Gasteiger partial charge >= 0.3 is 0 Å². The minimum atomic E-state index is 0.111. The highest BCUT2D eigenvalue weighted by molar-refractivity contribution is 9.09. The Morgan fingerprint density at radius 2 is 2.31 bits per heavy atom. The lowest BCUT2D eigenvalue weighted by Crippen LogP contribution is -2.25. The number of hydrogen-bond donors (Lipinski definition) is 0. The molecule has 16 heavy (non-hydrogen) atoms. The average molecular weight is 279 g/mol. The van der Waals surface area contributed by atoms with Crippen molar-refractivity contribution >= 4 is 27.5 Å². The van der Waals surface area contributed by atoms with E-state index in [0.29, 0.717) is 18.5 Å². The molecule has 2 rings (SSSR count). The number of alkyl halides is 1. The maximum absolute atomic E-state index is 11.8. The Morgan fingerprint density at radius 3 is 2.88 bits per heavy atom. The first-order chi connectivity index (χ1) is 7.61. The second-order valence-electron chi connectivity index (χ2n) is 3.92. The van der Waals surface area contributed by atoms with Gasteiger partial charge in [-0.2, -0.15) is 5.26 Å². The third-order valence-electron chi connectivity index (χ3n) is 2.71. The smallest absolute Gasteiger partial charge is 0.228 e. The molecule has 1 amide bonds. The summed E-state index contributed by atoms with van der Waals surface area (Å²) in [4.78, 5) is 13.7. The van der Waals surface area contributed by atoms with Crippen LogP contribution in [0.25, 0.3) is 0 Å². The van der Waals surface area contributed by atoms with E-state index in [9.17, 15) is 4.79 Å². The van der Waals surface area contributed by atoms with Gasteiger partial charge in [-0.1, -0.05) is 22.0 Å². The van der Waals surface area contributed by atoms with Crippen LogP contribution in [0.2, 0.25) is 0 Å². The Labute approximate surface area is 103 Å². The van der Waals surface area contributed by atoms with Crippen LogP contribution in [0.5, 0.6) is 0 Å². The molecule has 1 saturated heterocycles. The molecule has 0 aliphatic carbocycles. The van der Waals surface area contributed by atoms with Crippen molar-refractivity contribution in [3.8, 4) is 6.07 Å². The van der Waals surface area contributed by atoms with E-state index in [1.54, 1.807) is 17.0 Å². The van der Waals surface area contributed by atoms with Crippen LogP contribution in [-0.2, 0) is 4.79 Å². The quantitative estimate of drug-likeness (QED) is 0.741. The monoisotopic (exact) mass is 278 g/mol. The lowest BCUT2D eigenvalue weighted by Gasteiger charge is -2.18. The van der Waals surface area contributed by atoms with E-state index in [0.717, 1.165) is 11.3 Å². The fraction of sp³-hybridized carbons (Fsp3) is 0.333. The molecule has 0 spiro atoms. The van der Waals surface area contributed by atoms with Crippen molar-refractivity contribution in [3.63, 3.8) is 0 Å². The molecule has 1 aromatic carbocycles. The van der Waals surface area contributed by atoms with Crippen molar-refractivity contribution in [2.45, 2.75) is 18.2 Å². The summed E-state index contributed by atoms with van der Waals surface area (Å²) in [7, 11) is 0. The molecule has 0 radical (unpaired) electrons. The molecule has 0 saturated carbocycles. The standard InChI is InChI=1S/C12H11BrN2O/c1-8-2-3-9(6-14)4-11(8)15-7-10(13)5-12(15)16/h2-4,10H,5,7H2,1H3. The molecule has 1 unspecified atom stereocenters. The first-order valence-corrected chi connectivity index (χ1v) is 5.98. The van der Waals surface area contributed by atoms with Crippen LogP contribution in [0.15, 0.2) is 18.2 Å². The number of carbonyl (C=O) groups excluding carboxylic acids is 1. The van der Waals surface area contributed by atoms with Crippen molar-refractivity contribution in [3.05, 3.63) is 29.3 Å². The van der Waals surface area contributed by atoms with Gasteiger partial charge < -0.3 is 4.90 Å². The van der Waals surface area contributed by atoms with Crippen LogP contribution in [-0.4, -0.2) is 17.3 Å². The third-order valence-corrected chi connectivity index (χ3v) is 3.32. The number of rotatable bonds is 1. The van der Waals surface area contributed by atoms with Gasteiger partial charge in [-0.05, 0) is 24.6 Å². The zero-order valence-corrected chi connectivity index (χ0v) is 10.5. The average Bonchev–Trinajstić information content (AvgIpc) is 2.58. The minimum Gasteiger partial charge on any atom is -0.311 e. The van der Waals surface area contributed by atoms with E-state index in [-0.39, 0.29) is 10.7 Å². The molecule has 3 nitrogen and oxygen atoms in total. The first kappa shape index (κ1) is 11.2.